The van der Waals surface area contributed by atoms with E-state index in [0.717, 1.165) is 39.2 Å². The predicted octanol–water partition coefficient (Wildman–Crippen LogP) is 16.1. The third kappa shape index (κ3) is 5.33. The molecule has 0 aliphatic heterocycles. The van der Waals surface area contributed by atoms with Crippen LogP contribution in [-0.4, -0.2) is 4.98 Å². The van der Waals surface area contributed by atoms with E-state index >= 15 is 0 Å². The highest BCUT2D eigenvalue weighted by Gasteiger charge is 2.18. The van der Waals surface area contributed by atoms with Crippen molar-refractivity contribution in [1.82, 2.24) is 4.98 Å². The van der Waals surface area contributed by atoms with Gasteiger partial charge in [-0.3, -0.25) is 0 Å². The third-order valence-electron chi connectivity index (χ3n) is 11.4. The maximum absolute atomic E-state index is 4.92. The van der Waals surface area contributed by atoms with Gasteiger partial charge < -0.3 is 4.90 Å². The van der Waals surface area contributed by atoms with Crippen LogP contribution in [0, 0.1) is 0 Å². The molecular formula is C53H32N2S2. The number of benzene rings is 9. The van der Waals surface area contributed by atoms with Crippen molar-refractivity contribution in [3.05, 3.63) is 194 Å². The van der Waals surface area contributed by atoms with Crippen molar-refractivity contribution in [2.45, 2.75) is 0 Å². The molecule has 0 unspecified atom stereocenters. The van der Waals surface area contributed by atoms with Gasteiger partial charge in [-0.1, -0.05) is 146 Å². The summed E-state index contributed by atoms with van der Waals surface area (Å²) in [7, 11) is 0. The molecule has 3 heterocycles. The van der Waals surface area contributed by atoms with Gasteiger partial charge in [-0.05, 0) is 81.2 Å². The van der Waals surface area contributed by atoms with Gasteiger partial charge in [0.05, 0.1) is 11.2 Å². The van der Waals surface area contributed by atoms with E-state index in [1.54, 1.807) is 0 Å². The van der Waals surface area contributed by atoms with E-state index in [1.165, 1.54) is 73.0 Å². The molecule has 12 aromatic rings. The Balaban J connectivity index is 0.967. The van der Waals surface area contributed by atoms with Crippen molar-refractivity contribution in [2.24, 2.45) is 0 Å². The van der Waals surface area contributed by atoms with Crippen LogP contribution in [0.4, 0.5) is 17.1 Å². The molecule has 0 saturated heterocycles. The Kier molecular flexibility index (Phi) is 7.31. The Labute approximate surface area is 337 Å². The topological polar surface area (TPSA) is 16.1 Å². The van der Waals surface area contributed by atoms with E-state index in [1.807, 2.05) is 28.7 Å². The molecule has 4 heteroatoms. The number of thiophene rings is 2. The van der Waals surface area contributed by atoms with Crippen molar-refractivity contribution in [1.29, 1.82) is 0 Å². The summed E-state index contributed by atoms with van der Waals surface area (Å²) in [4.78, 5) is 7.34. The van der Waals surface area contributed by atoms with Crippen molar-refractivity contribution in [2.75, 3.05) is 4.90 Å². The Morgan fingerprint density at radius 2 is 0.789 bits per heavy atom. The van der Waals surface area contributed by atoms with Gasteiger partial charge in [0.15, 0.2) is 0 Å². The Morgan fingerprint density at radius 3 is 1.39 bits per heavy atom. The van der Waals surface area contributed by atoms with Gasteiger partial charge in [0.2, 0.25) is 0 Å². The zero-order chi connectivity index (χ0) is 37.5. The molecule has 0 spiro atoms. The maximum Gasteiger partial charge on any atom is 0.0709 e. The minimum atomic E-state index is 0.985. The second-order valence-electron chi connectivity index (χ2n) is 14.7. The minimum absolute atomic E-state index is 0.985. The molecule has 0 fully saturated rings. The summed E-state index contributed by atoms with van der Waals surface area (Å²) in [6.45, 7) is 0. The summed E-state index contributed by atoms with van der Waals surface area (Å²) in [6.07, 6.45) is 0. The molecule has 0 atom stereocenters. The quantitative estimate of drug-likeness (QED) is 0.174. The molecule has 12 rings (SSSR count). The lowest BCUT2D eigenvalue weighted by Crippen LogP contribution is -2.09. The molecule has 0 aliphatic rings. The normalized spacial score (nSPS) is 11.9. The molecular weight excluding hydrogens is 729 g/mol. The summed E-state index contributed by atoms with van der Waals surface area (Å²) in [5.41, 5.74) is 8.87. The Bertz CT molecular complexity index is 3370. The smallest absolute Gasteiger partial charge is 0.0709 e. The molecule has 9 aromatic carbocycles. The van der Waals surface area contributed by atoms with Gasteiger partial charge in [0, 0.05) is 68.4 Å². The molecule has 57 heavy (non-hydrogen) atoms. The molecule has 0 amide bonds. The van der Waals surface area contributed by atoms with Crippen LogP contribution in [0.15, 0.2) is 194 Å². The van der Waals surface area contributed by atoms with Crippen molar-refractivity contribution in [3.8, 4) is 22.4 Å². The predicted molar refractivity (Wildman–Crippen MR) is 248 cm³/mol. The van der Waals surface area contributed by atoms with Gasteiger partial charge in [-0.15, -0.1) is 22.7 Å². The van der Waals surface area contributed by atoms with Crippen LogP contribution in [0.5, 0.6) is 0 Å². The molecule has 0 radical (unpaired) electrons. The van der Waals surface area contributed by atoms with Gasteiger partial charge in [0.1, 0.15) is 0 Å². The van der Waals surface area contributed by atoms with Crippen LogP contribution in [0.25, 0.3) is 95.2 Å². The van der Waals surface area contributed by atoms with Gasteiger partial charge in [-0.2, -0.15) is 0 Å². The molecule has 266 valence electrons. The first kappa shape index (κ1) is 32.4. The van der Waals surface area contributed by atoms with Crippen LogP contribution in [0.3, 0.4) is 0 Å². The number of rotatable bonds is 5. The Morgan fingerprint density at radius 1 is 0.333 bits per heavy atom. The van der Waals surface area contributed by atoms with E-state index in [9.17, 15) is 0 Å². The van der Waals surface area contributed by atoms with E-state index in [2.05, 4.69) is 193 Å². The third-order valence-corrected chi connectivity index (χ3v) is 13.9. The number of anilines is 3. The summed E-state index contributed by atoms with van der Waals surface area (Å²) >= 11 is 3.78. The molecule has 0 bridgehead atoms. The Hall–Kier alpha value is -6.85. The van der Waals surface area contributed by atoms with Crippen LogP contribution in [0.2, 0.25) is 0 Å². The van der Waals surface area contributed by atoms with Gasteiger partial charge >= 0.3 is 0 Å². The first-order valence-corrected chi connectivity index (χ1v) is 20.9. The summed E-state index contributed by atoms with van der Waals surface area (Å²) in [5.74, 6) is 0. The van der Waals surface area contributed by atoms with Gasteiger partial charge in [-0.25, -0.2) is 4.98 Å². The van der Waals surface area contributed by atoms with E-state index in [4.69, 9.17) is 4.98 Å². The molecule has 2 nitrogen and oxygen atoms in total. The summed E-state index contributed by atoms with van der Waals surface area (Å²) in [6, 6.07) is 70.8. The molecule has 0 saturated carbocycles. The summed E-state index contributed by atoms with van der Waals surface area (Å²) in [5, 5.41) is 11.6. The zero-order valence-electron chi connectivity index (χ0n) is 30.7. The number of nitrogens with zero attached hydrogens (tertiary/aromatic N) is 2. The van der Waals surface area contributed by atoms with Crippen molar-refractivity contribution >= 4 is 113 Å². The molecule has 0 N–H and O–H groups in total. The standard InChI is InChI=1S/C53H32N2S2/c1-4-10-42-35(7-1)19-26-46-44-28-24-40(31-50(44)56-52(42)46)55(41-25-29-45-47-27-20-36-8-2-5-11-43(36)53(47)57-51(45)32-41)39-22-17-34(18-23-39)33-13-15-38(16-14-33)49-30-21-37-9-3-6-12-48(37)54-49/h1-32H. The first-order valence-electron chi connectivity index (χ1n) is 19.3. The lowest BCUT2D eigenvalue weighted by molar-refractivity contribution is 1.30. The fraction of sp³-hybridized carbons (Fsp3) is 0. The van der Waals surface area contributed by atoms with Crippen molar-refractivity contribution in [3.63, 3.8) is 0 Å². The van der Waals surface area contributed by atoms with E-state index in [-0.39, 0.29) is 0 Å². The minimum Gasteiger partial charge on any atom is -0.310 e. The summed E-state index contributed by atoms with van der Waals surface area (Å²) < 4.78 is 5.27. The first-order chi connectivity index (χ1) is 28.2. The number of aromatic nitrogens is 1. The lowest BCUT2D eigenvalue weighted by atomic mass is 10.0. The SMILES string of the molecule is c1ccc2nc(-c3ccc(-c4ccc(N(c5ccc6c(c5)sc5c7ccccc7ccc65)c5ccc6c(c5)sc5c7ccccc7ccc65)cc4)cc3)ccc2c1. The van der Waals surface area contributed by atoms with E-state index < -0.39 is 0 Å². The average Bonchev–Trinajstić information content (AvgIpc) is 3.85. The van der Waals surface area contributed by atoms with Crippen molar-refractivity contribution < 1.29 is 0 Å². The molecule has 0 aliphatic carbocycles. The van der Waals surface area contributed by atoms with Crippen LogP contribution < -0.4 is 4.90 Å². The number of pyridine rings is 1. The fourth-order valence-corrected chi connectivity index (χ4v) is 11.1. The van der Waals surface area contributed by atoms with Crippen LogP contribution in [0.1, 0.15) is 0 Å². The van der Waals surface area contributed by atoms with Gasteiger partial charge in [0.25, 0.3) is 0 Å². The highest BCUT2D eigenvalue weighted by atomic mass is 32.1. The monoisotopic (exact) mass is 760 g/mol. The second kappa shape index (κ2) is 12.9. The largest absolute Gasteiger partial charge is 0.310 e. The maximum atomic E-state index is 4.92. The van der Waals surface area contributed by atoms with E-state index in [0.29, 0.717) is 0 Å². The highest BCUT2D eigenvalue weighted by Crippen LogP contribution is 2.45. The number of hydrogen-bond acceptors (Lipinski definition) is 4. The fourth-order valence-electron chi connectivity index (χ4n) is 8.57. The van der Waals surface area contributed by atoms with Crippen LogP contribution in [-0.2, 0) is 0 Å². The molecule has 3 aromatic heterocycles. The average molecular weight is 761 g/mol. The second-order valence-corrected chi connectivity index (χ2v) is 16.8. The number of fused-ring (bicyclic) bond motifs is 11. The van der Waals surface area contributed by atoms with Crippen LogP contribution >= 0.6 is 22.7 Å². The number of para-hydroxylation sites is 1. The zero-order valence-corrected chi connectivity index (χ0v) is 32.3. The lowest BCUT2D eigenvalue weighted by Gasteiger charge is -2.26. The number of hydrogen-bond donors (Lipinski definition) is 0. The highest BCUT2D eigenvalue weighted by molar-refractivity contribution is 7.27.